The molecule has 0 spiro atoms. The monoisotopic (exact) mass is 1590 g/mol. The van der Waals surface area contributed by atoms with Crippen LogP contribution in [0.25, 0.3) is 12.2 Å². The fourth-order valence-corrected chi connectivity index (χ4v) is 22.3. The van der Waals surface area contributed by atoms with E-state index in [0.29, 0.717) is 6.42 Å². The van der Waals surface area contributed by atoms with Crippen molar-refractivity contribution in [2.45, 2.75) is 387 Å². The SMILES string of the molecule is C/C(=C/C[C@H](O)/C(C)=C/c1csc(C)n1)C/C=C\[C@H](C)[C@H](O[Si](C)(C)C(C)(C)C)[C@@H](C)SC(C)(C)[C@H](CC(=O)O)O[Si](C)(C)C(C)(C)C.C/C(=C/C[C@H](O[Si](C)(C)C(C)(C)C)/C(C)=C/c1csc(C)n1)C/C=C\[C@H](C)[C@H](O[Si](C)(C)C(C)(C)C)[C@@H](C)SC(C)(C)[C@H](CC(=O)O)O[Si](C)(C)C(C)(C)C. The fourth-order valence-electron chi connectivity index (χ4n) is 10.3. The van der Waals surface area contributed by atoms with E-state index in [9.17, 15) is 24.9 Å². The summed E-state index contributed by atoms with van der Waals surface area (Å²) in [7, 11) is -10.7. The number of aromatic nitrogens is 2. The summed E-state index contributed by atoms with van der Waals surface area (Å²) < 4.78 is 34.2. The molecule has 2 rings (SSSR count). The highest BCUT2D eigenvalue weighted by atomic mass is 32.2. The van der Waals surface area contributed by atoms with Crippen molar-refractivity contribution in [3.05, 3.63) is 90.9 Å². The lowest BCUT2D eigenvalue weighted by atomic mass is 10.00. The van der Waals surface area contributed by atoms with Gasteiger partial charge in [-0.2, -0.15) is 0 Å². The third-order valence-corrected chi connectivity index (χ3v) is 49.6. The van der Waals surface area contributed by atoms with Crippen LogP contribution >= 0.6 is 46.2 Å². The number of aryl methyl sites for hydroxylation is 2. The third-order valence-electron chi connectivity index (χ3n) is 22.6. The number of carboxylic acids is 2. The molecule has 0 saturated heterocycles. The zero-order chi connectivity index (χ0) is 80.6. The highest BCUT2D eigenvalue weighted by Gasteiger charge is 2.49. The first-order chi connectivity index (χ1) is 46.1. The van der Waals surface area contributed by atoms with Crippen LogP contribution in [-0.2, 0) is 31.7 Å². The van der Waals surface area contributed by atoms with Crippen molar-refractivity contribution in [1.29, 1.82) is 0 Å². The first kappa shape index (κ1) is 99.2. The number of allylic oxidation sites excluding steroid dienone is 4. The minimum absolute atomic E-state index is 0.00470. The van der Waals surface area contributed by atoms with Crippen LogP contribution in [0.3, 0.4) is 0 Å². The quantitative estimate of drug-likeness (QED) is 0.0429. The van der Waals surface area contributed by atoms with E-state index in [2.05, 4.69) is 298 Å². The lowest BCUT2D eigenvalue weighted by Crippen LogP contribution is -2.52. The van der Waals surface area contributed by atoms with Gasteiger partial charge in [-0.25, -0.2) is 9.97 Å². The molecule has 0 unspecified atom stereocenters. The standard InChI is InChI=1S/C44H83NO5S2Si3.C38H69NO5S2Si2/c1-31(26-27-37(48-53(17,18)41(6,7)8)33(3)28-36-30-51-35(5)45-36)24-23-25-32(2)40(50-55(21,22)43(12,13)14)34(4)52-44(15,16)38(29-39(46)47)49-54(19,20)42(9,10)11;1-26(21-22-32(40)28(3)23-31-25-45-30(5)39-31)19-18-20-27(2)35(44-48(16,17)37(9,10)11)29(4)46-38(12,13)33(24-34(41)42)43-47(14,15)36(6,7)8/h23,25-26,28,30,32,34,37-38,40H,24,27,29H2,1-22H3,(H,46,47);18,20-21,23,25,27,29,32-33,35,40H,19,22,24H2,1-17H3,(H,41,42)/b25-23-,31-26-,33-28+;20-18-,26-21-,28-23+/t32-,34+,37-,38-,40-;27-,29+,32-,33-,35-/m00/s1. The predicted octanol–water partition coefficient (Wildman–Crippen LogP) is 25.6. The molecule has 0 aliphatic rings. The second kappa shape index (κ2) is 39.9. The molecule has 21 heteroatoms. The number of hydrogen-bond acceptors (Lipinski definition) is 14. The second-order valence-corrected chi connectivity index (χ2v) is 68.2. The predicted molar refractivity (Wildman–Crippen MR) is 467 cm³/mol. The number of thiazole rings is 2. The Balaban J connectivity index is 0.00000104. The van der Waals surface area contributed by atoms with E-state index in [4.69, 9.17) is 27.1 Å². The molecule has 3 N–H and O–H groups in total. The van der Waals surface area contributed by atoms with Gasteiger partial charge in [0, 0.05) is 42.6 Å². The molecule has 0 saturated carbocycles. The van der Waals surface area contributed by atoms with Gasteiger partial charge in [-0.1, -0.05) is 179 Å². The molecule has 0 aliphatic heterocycles. The van der Waals surface area contributed by atoms with Crippen molar-refractivity contribution in [3.8, 4) is 0 Å². The van der Waals surface area contributed by atoms with Gasteiger partial charge in [-0.15, -0.1) is 46.2 Å². The zero-order valence-corrected chi connectivity index (χ0v) is 80.8. The number of rotatable bonds is 38. The van der Waals surface area contributed by atoms with E-state index in [-0.39, 0.29) is 78.7 Å². The Labute approximate surface area is 653 Å². The largest absolute Gasteiger partial charge is 0.481 e. The number of carbonyl (C=O) groups is 2. The van der Waals surface area contributed by atoms with Gasteiger partial charge < -0.3 is 37.4 Å². The van der Waals surface area contributed by atoms with Gasteiger partial charge in [0.05, 0.1) is 70.9 Å². The molecule has 2 heterocycles. The number of carboxylic acid groups (broad SMARTS) is 2. The highest BCUT2D eigenvalue weighted by Crippen LogP contribution is 2.49. The van der Waals surface area contributed by atoms with Crippen molar-refractivity contribution in [3.63, 3.8) is 0 Å². The van der Waals surface area contributed by atoms with Crippen LogP contribution in [0.2, 0.25) is 90.7 Å². The van der Waals surface area contributed by atoms with Crippen molar-refractivity contribution in [2.75, 3.05) is 0 Å². The van der Waals surface area contributed by atoms with Gasteiger partial charge in [-0.3, -0.25) is 9.59 Å². The van der Waals surface area contributed by atoms with Crippen LogP contribution in [0.1, 0.15) is 247 Å². The Hall–Kier alpha value is -1.82. The number of hydrogen-bond donors (Lipinski definition) is 3. The van der Waals surface area contributed by atoms with Crippen molar-refractivity contribution in [1.82, 2.24) is 9.97 Å². The number of aliphatic hydroxyl groups excluding tert-OH is 1. The molecule has 10 atom stereocenters. The number of thioether (sulfide) groups is 2. The molecule has 0 radical (unpaired) electrons. The number of nitrogens with zero attached hydrogens (tertiary/aromatic N) is 2. The third kappa shape index (κ3) is 33.3. The lowest BCUT2D eigenvalue weighted by molar-refractivity contribution is -0.140. The van der Waals surface area contributed by atoms with Crippen LogP contribution in [0.5, 0.6) is 0 Å². The summed E-state index contributed by atoms with van der Waals surface area (Å²) in [4.78, 5) is 33.4. The van der Waals surface area contributed by atoms with Gasteiger partial charge in [0.1, 0.15) is 0 Å². The van der Waals surface area contributed by atoms with E-state index in [1.165, 1.54) is 16.7 Å². The zero-order valence-electron chi connectivity index (χ0n) is 72.5. The summed E-state index contributed by atoms with van der Waals surface area (Å²) in [5.41, 5.74) is 6.55. The molecule has 103 heavy (non-hydrogen) atoms. The maximum atomic E-state index is 12.2. The van der Waals surface area contributed by atoms with Gasteiger partial charge >= 0.3 is 11.9 Å². The molecule has 2 aromatic rings. The average molecular weight is 1590 g/mol. The molecule has 0 fully saturated rings. The van der Waals surface area contributed by atoms with Crippen molar-refractivity contribution >= 4 is 112 Å². The minimum atomic E-state index is -2.22. The van der Waals surface area contributed by atoms with E-state index in [1.54, 1.807) is 34.4 Å². The molecule has 0 aromatic carbocycles. The minimum Gasteiger partial charge on any atom is -0.481 e. The molecule has 0 aliphatic carbocycles. The van der Waals surface area contributed by atoms with Gasteiger partial charge in [0.25, 0.3) is 0 Å². The molecular formula is C82H152N2O10S4Si5. The van der Waals surface area contributed by atoms with Crippen molar-refractivity contribution in [2.24, 2.45) is 11.8 Å². The molecule has 2 aromatic heterocycles. The van der Waals surface area contributed by atoms with Gasteiger partial charge in [0.15, 0.2) is 41.6 Å². The first-order valence-electron chi connectivity index (χ1n) is 37.8. The van der Waals surface area contributed by atoms with Crippen LogP contribution in [-0.4, -0.2) is 135 Å². The highest BCUT2D eigenvalue weighted by molar-refractivity contribution is 8.01. The summed E-state index contributed by atoms with van der Waals surface area (Å²) >= 11 is 6.91. The summed E-state index contributed by atoms with van der Waals surface area (Å²) in [6.45, 7) is 86.6. The molecule has 0 amide bonds. The smallest absolute Gasteiger partial charge is 0.305 e. The van der Waals surface area contributed by atoms with E-state index in [0.717, 1.165) is 46.2 Å². The Kier molecular flexibility index (Phi) is 38.4. The Morgan fingerprint density at radius 3 is 1.06 bits per heavy atom. The van der Waals surface area contributed by atoms with Crippen LogP contribution in [0, 0.1) is 25.7 Å². The Morgan fingerprint density at radius 1 is 0.476 bits per heavy atom. The number of aliphatic hydroxyl groups is 1. The fraction of sp³-hybridized carbons (Fsp3) is 0.756. The molecular weight excluding hydrogens is 1440 g/mol. The first-order valence-corrected chi connectivity index (χ1v) is 55.9. The summed E-state index contributed by atoms with van der Waals surface area (Å²) in [6.07, 6.45) is 19.3. The summed E-state index contributed by atoms with van der Waals surface area (Å²) in [5.74, 6) is -1.36. The molecule has 594 valence electrons. The second-order valence-electron chi connectivity index (χ2n) is 38.3. The maximum absolute atomic E-state index is 12.2. The topological polar surface area (TPSA) is 167 Å². The molecule has 12 nitrogen and oxygen atoms in total. The van der Waals surface area contributed by atoms with Crippen molar-refractivity contribution < 1.29 is 47.0 Å². The summed E-state index contributed by atoms with van der Waals surface area (Å²) in [6, 6.07) is 0. The van der Waals surface area contributed by atoms with E-state index >= 15 is 0 Å². The normalized spacial score (nSPS) is 17.7. The number of aliphatic carboxylic acids is 2. The van der Waals surface area contributed by atoms with E-state index in [1.807, 2.05) is 44.0 Å². The van der Waals surface area contributed by atoms with Gasteiger partial charge in [-0.05, 0) is 209 Å². The Bertz CT molecular complexity index is 3160. The average Bonchev–Trinajstić information content (AvgIpc) is 1.19. The molecule has 0 bridgehead atoms. The van der Waals surface area contributed by atoms with Crippen LogP contribution in [0.15, 0.2) is 69.5 Å². The maximum Gasteiger partial charge on any atom is 0.305 e. The lowest BCUT2D eigenvalue weighted by Gasteiger charge is -2.46. The van der Waals surface area contributed by atoms with Crippen LogP contribution in [0.4, 0.5) is 0 Å². The van der Waals surface area contributed by atoms with E-state index < -0.39 is 81.3 Å². The summed E-state index contributed by atoms with van der Waals surface area (Å²) in [5, 5.41) is 37.2. The van der Waals surface area contributed by atoms with Crippen LogP contribution < -0.4 is 0 Å². The van der Waals surface area contributed by atoms with Gasteiger partial charge in [0.2, 0.25) is 0 Å². The Morgan fingerprint density at radius 2 is 0.767 bits per heavy atom.